The molecule has 2 aromatic heterocycles. The molecular formula is C13H9N3O3S2. The van der Waals surface area contributed by atoms with E-state index >= 15 is 0 Å². The summed E-state index contributed by atoms with van der Waals surface area (Å²) in [6, 6.07) is 6.40. The van der Waals surface area contributed by atoms with E-state index in [0.29, 0.717) is 17.7 Å². The highest BCUT2D eigenvalue weighted by Gasteiger charge is 2.11. The molecule has 6 nitrogen and oxygen atoms in total. The number of non-ortho nitro benzene ring substituents is 1. The number of thiazole rings is 2. The second-order valence-corrected chi connectivity index (χ2v) is 6.10. The Hall–Kier alpha value is -2.32. The molecule has 8 heteroatoms. The van der Waals surface area contributed by atoms with Crippen LogP contribution in [-0.2, 0) is 6.42 Å². The molecule has 0 radical (unpaired) electrons. The summed E-state index contributed by atoms with van der Waals surface area (Å²) >= 11 is 2.84. The lowest BCUT2D eigenvalue weighted by Crippen LogP contribution is -1.89. The first kappa shape index (κ1) is 13.7. The molecule has 0 aliphatic heterocycles. The van der Waals surface area contributed by atoms with Crippen molar-refractivity contribution < 1.29 is 10.0 Å². The number of nitrogens with zero attached hydrogens (tertiary/aromatic N) is 3. The van der Waals surface area contributed by atoms with E-state index in [2.05, 4.69) is 9.97 Å². The minimum Gasteiger partial charge on any atom is -0.493 e. The van der Waals surface area contributed by atoms with Gasteiger partial charge < -0.3 is 5.11 Å². The van der Waals surface area contributed by atoms with Crippen molar-refractivity contribution >= 4 is 28.4 Å². The van der Waals surface area contributed by atoms with E-state index in [1.54, 1.807) is 17.5 Å². The Morgan fingerprint density at radius 2 is 1.95 bits per heavy atom. The number of nitro groups is 1. The molecule has 0 spiro atoms. The minimum absolute atomic E-state index is 0.0189. The fourth-order valence-electron chi connectivity index (χ4n) is 1.82. The monoisotopic (exact) mass is 319 g/mol. The second-order valence-electron chi connectivity index (χ2n) is 4.21. The molecule has 0 aliphatic rings. The van der Waals surface area contributed by atoms with E-state index in [0.717, 1.165) is 10.0 Å². The Bertz CT molecular complexity index is 797. The molecule has 3 aromatic rings. The summed E-state index contributed by atoms with van der Waals surface area (Å²) in [5, 5.41) is 25.1. The molecule has 1 aromatic carbocycles. The summed E-state index contributed by atoms with van der Waals surface area (Å²) in [5.41, 5.74) is 1.47. The Balaban J connectivity index is 1.84. The Morgan fingerprint density at radius 3 is 2.67 bits per heavy atom. The van der Waals surface area contributed by atoms with Gasteiger partial charge in [-0.15, -0.1) is 22.7 Å². The third-order valence-corrected chi connectivity index (χ3v) is 4.43. The van der Waals surface area contributed by atoms with Gasteiger partial charge in [0.1, 0.15) is 10.0 Å². The van der Waals surface area contributed by atoms with Crippen molar-refractivity contribution in [1.82, 2.24) is 9.97 Å². The largest absolute Gasteiger partial charge is 0.493 e. The van der Waals surface area contributed by atoms with E-state index in [1.165, 1.54) is 34.8 Å². The molecule has 0 amide bonds. The molecular weight excluding hydrogens is 310 g/mol. The predicted octanol–water partition coefficient (Wildman–Crippen LogP) is 3.47. The summed E-state index contributed by atoms with van der Waals surface area (Å²) in [6.07, 6.45) is 0.546. The molecule has 0 atom stereocenters. The molecule has 0 saturated carbocycles. The molecule has 0 fully saturated rings. The zero-order valence-electron chi connectivity index (χ0n) is 10.6. The van der Waals surface area contributed by atoms with Gasteiger partial charge in [-0.1, -0.05) is 12.1 Å². The van der Waals surface area contributed by atoms with Gasteiger partial charge in [-0.05, 0) is 0 Å². The second kappa shape index (κ2) is 5.58. The Labute approximate surface area is 127 Å². The molecule has 1 N–H and O–H groups in total. The van der Waals surface area contributed by atoms with E-state index in [-0.39, 0.29) is 11.6 Å². The van der Waals surface area contributed by atoms with Crippen LogP contribution >= 0.6 is 22.7 Å². The van der Waals surface area contributed by atoms with E-state index in [4.69, 9.17) is 0 Å². The fourth-order valence-corrected chi connectivity index (χ4v) is 3.37. The van der Waals surface area contributed by atoms with Gasteiger partial charge in [-0.25, -0.2) is 9.97 Å². The minimum atomic E-state index is -0.422. The van der Waals surface area contributed by atoms with Gasteiger partial charge in [0.05, 0.1) is 22.4 Å². The van der Waals surface area contributed by atoms with Crippen molar-refractivity contribution in [2.24, 2.45) is 0 Å². The number of benzene rings is 1. The lowest BCUT2D eigenvalue weighted by Gasteiger charge is -1.96. The number of aromatic hydroxyl groups is 1. The SMILES string of the molecule is O=[N+]([O-])c1cccc(-c2csc(Cc3nc(O)cs3)n2)c1. The number of nitro benzene ring substituents is 1. The molecule has 21 heavy (non-hydrogen) atoms. The first-order valence-corrected chi connectivity index (χ1v) is 7.70. The molecule has 2 heterocycles. The van der Waals surface area contributed by atoms with Crippen LogP contribution in [0.15, 0.2) is 35.0 Å². The van der Waals surface area contributed by atoms with Gasteiger partial charge in [0.2, 0.25) is 5.88 Å². The fraction of sp³-hybridized carbons (Fsp3) is 0.0769. The first-order chi connectivity index (χ1) is 10.1. The summed E-state index contributed by atoms with van der Waals surface area (Å²) < 4.78 is 0. The van der Waals surface area contributed by atoms with Crippen LogP contribution in [0, 0.1) is 10.1 Å². The van der Waals surface area contributed by atoms with Gasteiger partial charge in [0.15, 0.2) is 0 Å². The van der Waals surface area contributed by atoms with Gasteiger partial charge in [0, 0.05) is 23.1 Å². The average Bonchev–Trinajstić information content (AvgIpc) is 3.09. The Kier molecular flexibility index (Phi) is 3.63. The number of rotatable bonds is 4. The van der Waals surface area contributed by atoms with E-state index < -0.39 is 4.92 Å². The summed E-state index contributed by atoms with van der Waals surface area (Å²) in [7, 11) is 0. The third kappa shape index (κ3) is 3.06. The van der Waals surface area contributed by atoms with Gasteiger partial charge >= 0.3 is 0 Å². The lowest BCUT2D eigenvalue weighted by molar-refractivity contribution is -0.384. The van der Waals surface area contributed by atoms with E-state index in [9.17, 15) is 15.2 Å². The van der Waals surface area contributed by atoms with Crippen LogP contribution in [0.25, 0.3) is 11.3 Å². The molecule has 0 saturated heterocycles. The topological polar surface area (TPSA) is 89.2 Å². The van der Waals surface area contributed by atoms with Gasteiger partial charge in [-0.3, -0.25) is 10.1 Å². The van der Waals surface area contributed by atoms with Crippen molar-refractivity contribution in [3.63, 3.8) is 0 Å². The van der Waals surface area contributed by atoms with Gasteiger partial charge in [0.25, 0.3) is 5.69 Å². The molecule has 0 bridgehead atoms. The lowest BCUT2D eigenvalue weighted by atomic mass is 10.1. The standard InChI is InChI=1S/C13H9N3O3S2/c17-11-7-21-13(15-11)5-12-14-10(6-20-12)8-2-1-3-9(4-8)16(18)19/h1-4,6-7,17H,5H2. The smallest absolute Gasteiger partial charge is 0.270 e. The van der Waals surface area contributed by atoms with Crippen LogP contribution in [0.4, 0.5) is 5.69 Å². The highest BCUT2D eigenvalue weighted by Crippen LogP contribution is 2.27. The normalized spacial score (nSPS) is 10.7. The maximum atomic E-state index is 10.8. The van der Waals surface area contributed by atoms with Crippen LogP contribution in [0.5, 0.6) is 5.88 Å². The van der Waals surface area contributed by atoms with Crippen molar-refractivity contribution in [3.05, 3.63) is 55.2 Å². The predicted molar refractivity (Wildman–Crippen MR) is 80.8 cm³/mol. The summed E-state index contributed by atoms with van der Waals surface area (Å²) in [5.74, 6) is 0.0189. The molecule has 106 valence electrons. The molecule has 0 unspecified atom stereocenters. The van der Waals surface area contributed by atoms with Crippen molar-refractivity contribution in [1.29, 1.82) is 0 Å². The summed E-state index contributed by atoms with van der Waals surface area (Å²) in [6.45, 7) is 0. The maximum absolute atomic E-state index is 10.8. The van der Waals surface area contributed by atoms with Crippen LogP contribution in [0.1, 0.15) is 10.0 Å². The zero-order chi connectivity index (χ0) is 14.8. The van der Waals surface area contributed by atoms with Crippen LogP contribution in [0.2, 0.25) is 0 Å². The number of aromatic nitrogens is 2. The van der Waals surface area contributed by atoms with Crippen LogP contribution in [-0.4, -0.2) is 20.0 Å². The van der Waals surface area contributed by atoms with Crippen LogP contribution in [0.3, 0.4) is 0 Å². The number of hydrogen-bond acceptors (Lipinski definition) is 7. The van der Waals surface area contributed by atoms with Crippen molar-refractivity contribution in [2.75, 3.05) is 0 Å². The average molecular weight is 319 g/mol. The van der Waals surface area contributed by atoms with E-state index in [1.807, 2.05) is 5.38 Å². The summed E-state index contributed by atoms with van der Waals surface area (Å²) in [4.78, 5) is 18.8. The van der Waals surface area contributed by atoms with Gasteiger partial charge in [-0.2, -0.15) is 0 Å². The quantitative estimate of drug-likeness (QED) is 0.587. The van der Waals surface area contributed by atoms with Crippen LogP contribution < -0.4 is 0 Å². The first-order valence-electron chi connectivity index (χ1n) is 5.94. The zero-order valence-corrected chi connectivity index (χ0v) is 12.2. The third-order valence-electron chi connectivity index (χ3n) is 2.75. The molecule has 3 rings (SSSR count). The maximum Gasteiger partial charge on any atom is 0.270 e. The number of hydrogen-bond donors (Lipinski definition) is 1. The van der Waals surface area contributed by atoms with Crippen molar-refractivity contribution in [2.45, 2.75) is 6.42 Å². The Morgan fingerprint density at radius 1 is 1.19 bits per heavy atom. The van der Waals surface area contributed by atoms with Crippen molar-refractivity contribution in [3.8, 4) is 17.1 Å². The molecule has 0 aliphatic carbocycles. The highest BCUT2D eigenvalue weighted by atomic mass is 32.1. The highest BCUT2D eigenvalue weighted by molar-refractivity contribution is 7.11.